The van der Waals surface area contributed by atoms with Crippen LogP contribution in [-0.2, 0) is 4.79 Å². The minimum absolute atomic E-state index is 0.0132. The largest absolute Gasteiger partial charge is 0.496 e. The molecule has 1 saturated heterocycles. The first-order valence-corrected chi connectivity index (χ1v) is 9.88. The van der Waals surface area contributed by atoms with E-state index in [1.54, 1.807) is 18.2 Å². The molecule has 0 aliphatic carbocycles. The predicted octanol–water partition coefficient (Wildman–Crippen LogP) is 3.46. The minimum Gasteiger partial charge on any atom is -0.496 e. The van der Waals surface area contributed by atoms with Crippen molar-refractivity contribution in [1.29, 1.82) is 0 Å². The lowest BCUT2D eigenvalue weighted by molar-refractivity contribution is -0.126. The molecule has 1 heterocycles. The number of rotatable bonds is 5. The van der Waals surface area contributed by atoms with Gasteiger partial charge in [-0.2, -0.15) is 5.10 Å². The second-order valence-corrected chi connectivity index (χ2v) is 7.47. The molecule has 1 N–H and O–H groups in total. The average molecular weight is 444 g/mol. The number of methoxy groups -OCH3 is 1. The lowest BCUT2D eigenvalue weighted by atomic mass is 9.95. The van der Waals surface area contributed by atoms with Crippen LogP contribution in [0, 0.1) is 5.92 Å². The van der Waals surface area contributed by atoms with Gasteiger partial charge in [0.1, 0.15) is 5.75 Å². The smallest absolute Gasteiger partial charge is 0.253 e. The monoisotopic (exact) mass is 443 g/mol. The number of carbonyl (C=O) groups is 2. The van der Waals surface area contributed by atoms with Crippen LogP contribution in [0.2, 0.25) is 0 Å². The summed E-state index contributed by atoms with van der Waals surface area (Å²) in [4.78, 5) is 26.7. The topological polar surface area (TPSA) is 71.0 Å². The molecule has 1 aliphatic rings. The van der Waals surface area contributed by atoms with Gasteiger partial charge in [0.2, 0.25) is 5.91 Å². The molecule has 2 amide bonds. The number of likely N-dealkylation sites (tertiary alicyclic amines) is 1. The normalized spacial score (nSPS) is 14.9. The quantitative estimate of drug-likeness (QED) is 0.567. The SMILES string of the molecule is COc1ccc(Br)cc1/C=N\NC(=O)C1CCN(C(=O)c2ccccc2)CC1. The van der Waals surface area contributed by atoms with Crippen LogP contribution in [0.1, 0.15) is 28.8 Å². The lowest BCUT2D eigenvalue weighted by Crippen LogP contribution is -2.42. The van der Waals surface area contributed by atoms with E-state index in [2.05, 4.69) is 26.5 Å². The van der Waals surface area contributed by atoms with E-state index in [1.807, 2.05) is 48.5 Å². The molecule has 0 saturated carbocycles. The Bertz CT molecular complexity index is 862. The van der Waals surface area contributed by atoms with E-state index in [0.717, 1.165) is 10.0 Å². The highest BCUT2D eigenvalue weighted by atomic mass is 79.9. The maximum Gasteiger partial charge on any atom is 0.253 e. The zero-order valence-electron chi connectivity index (χ0n) is 15.6. The third-order valence-electron chi connectivity index (χ3n) is 4.74. The highest BCUT2D eigenvalue weighted by molar-refractivity contribution is 9.10. The molecule has 28 heavy (non-hydrogen) atoms. The Morgan fingerprint density at radius 2 is 1.89 bits per heavy atom. The van der Waals surface area contributed by atoms with Gasteiger partial charge >= 0.3 is 0 Å². The van der Waals surface area contributed by atoms with Gasteiger partial charge in [-0.05, 0) is 43.2 Å². The molecule has 0 bridgehead atoms. The summed E-state index contributed by atoms with van der Waals surface area (Å²) in [6.07, 6.45) is 2.82. The Balaban J connectivity index is 1.52. The first kappa shape index (κ1) is 20.1. The van der Waals surface area contributed by atoms with Gasteiger partial charge in [-0.1, -0.05) is 34.1 Å². The van der Waals surface area contributed by atoms with Crippen LogP contribution in [0.15, 0.2) is 58.1 Å². The molecule has 0 radical (unpaired) electrons. The zero-order chi connectivity index (χ0) is 19.9. The van der Waals surface area contributed by atoms with Crippen molar-refractivity contribution in [3.8, 4) is 5.75 Å². The van der Waals surface area contributed by atoms with Crippen molar-refractivity contribution in [3.63, 3.8) is 0 Å². The number of ether oxygens (including phenoxy) is 1. The zero-order valence-corrected chi connectivity index (χ0v) is 17.2. The summed E-state index contributed by atoms with van der Waals surface area (Å²) in [6, 6.07) is 14.8. The lowest BCUT2D eigenvalue weighted by Gasteiger charge is -2.31. The third-order valence-corrected chi connectivity index (χ3v) is 5.24. The van der Waals surface area contributed by atoms with Gasteiger partial charge in [-0.3, -0.25) is 9.59 Å². The molecular weight excluding hydrogens is 422 g/mol. The number of piperidine rings is 1. The molecule has 0 atom stereocenters. The molecule has 0 aromatic heterocycles. The number of nitrogens with one attached hydrogen (secondary N) is 1. The van der Waals surface area contributed by atoms with Crippen molar-refractivity contribution >= 4 is 34.0 Å². The molecule has 7 heteroatoms. The first-order chi connectivity index (χ1) is 13.6. The van der Waals surface area contributed by atoms with E-state index in [9.17, 15) is 9.59 Å². The van der Waals surface area contributed by atoms with Gasteiger partial charge in [-0.15, -0.1) is 0 Å². The van der Waals surface area contributed by atoms with Crippen molar-refractivity contribution in [3.05, 3.63) is 64.1 Å². The van der Waals surface area contributed by atoms with Crippen molar-refractivity contribution in [2.75, 3.05) is 20.2 Å². The van der Waals surface area contributed by atoms with Crippen LogP contribution in [0.5, 0.6) is 5.75 Å². The van der Waals surface area contributed by atoms with Crippen molar-refractivity contribution in [2.45, 2.75) is 12.8 Å². The standard InChI is InChI=1S/C21H22BrN3O3/c1-28-19-8-7-18(22)13-17(19)14-23-24-20(26)15-9-11-25(12-10-15)21(27)16-5-3-2-4-6-16/h2-8,13-15H,9-12H2,1H3,(H,24,26)/b23-14-. The summed E-state index contributed by atoms with van der Waals surface area (Å²) in [5, 5.41) is 4.06. The summed E-state index contributed by atoms with van der Waals surface area (Å²) >= 11 is 3.41. The molecule has 146 valence electrons. The first-order valence-electron chi connectivity index (χ1n) is 9.09. The van der Waals surface area contributed by atoms with Gasteiger partial charge in [0, 0.05) is 34.6 Å². The van der Waals surface area contributed by atoms with Gasteiger partial charge < -0.3 is 9.64 Å². The Morgan fingerprint density at radius 3 is 2.57 bits per heavy atom. The Hall–Kier alpha value is -2.67. The fourth-order valence-electron chi connectivity index (χ4n) is 3.17. The highest BCUT2D eigenvalue weighted by Gasteiger charge is 2.27. The van der Waals surface area contributed by atoms with Crippen LogP contribution in [-0.4, -0.2) is 43.1 Å². The van der Waals surface area contributed by atoms with E-state index in [-0.39, 0.29) is 17.7 Å². The fourth-order valence-corrected chi connectivity index (χ4v) is 3.55. The van der Waals surface area contributed by atoms with E-state index in [4.69, 9.17) is 4.74 Å². The van der Waals surface area contributed by atoms with Gasteiger partial charge in [0.15, 0.2) is 0 Å². The second kappa shape index (κ2) is 9.50. The Labute approximate surface area is 172 Å². The van der Waals surface area contributed by atoms with Crippen LogP contribution in [0.3, 0.4) is 0 Å². The summed E-state index contributed by atoms with van der Waals surface area (Å²) < 4.78 is 6.18. The summed E-state index contributed by atoms with van der Waals surface area (Å²) in [7, 11) is 1.59. The van der Waals surface area contributed by atoms with Crippen molar-refractivity contribution in [1.82, 2.24) is 10.3 Å². The Kier molecular flexibility index (Phi) is 6.81. The number of nitrogens with zero attached hydrogens (tertiary/aromatic N) is 2. The van der Waals surface area contributed by atoms with Crippen LogP contribution < -0.4 is 10.2 Å². The van der Waals surface area contributed by atoms with Gasteiger partial charge in [0.05, 0.1) is 13.3 Å². The molecule has 1 aliphatic heterocycles. The van der Waals surface area contributed by atoms with E-state index < -0.39 is 0 Å². The van der Waals surface area contributed by atoms with E-state index >= 15 is 0 Å². The predicted molar refractivity (Wildman–Crippen MR) is 112 cm³/mol. The maximum absolute atomic E-state index is 12.5. The van der Waals surface area contributed by atoms with Crippen LogP contribution in [0.4, 0.5) is 0 Å². The summed E-state index contributed by atoms with van der Waals surface area (Å²) in [6.45, 7) is 1.13. The number of benzene rings is 2. The molecule has 2 aromatic rings. The number of halogens is 1. The molecule has 2 aromatic carbocycles. The average Bonchev–Trinajstić information content (AvgIpc) is 2.74. The van der Waals surface area contributed by atoms with Gasteiger partial charge in [-0.25, -0.2) is 5.43 Å². The summed E-state index contributed by atoms with van der Waals surface area (Å²) in [5.41, 5.74) is 4.05. The fraction of sp³-hybridized carbons (Fsp3) is 0.286. The molecule has 3 rings (SSSR count). The van der Waals surface area contributed by atoms with E-state index in [1.165, 1.54) is 0 Å². The molecular formula is C21H22BrN3O3. The van der Waals surface area contributed by atoms with Gasteiger partial charge in [0.25, 0.3) is 5.91 Å². The number of hydrazone groups is 1. The van der Waals surface area contributed by atoms with Crippen LogP contribution in [0.25, 0.3) is 0 Å². The number of carbonyl (C=O) groups excluding carboxylic acids is 2. The van der Waals surface area contributed by atoms with E-state index in [0.29, 0.717) is 37.2 Å². The summed E-state index contributed by atoms with van der Waals surface area (Å²) in [5.74, 6) is 0.409. The number of hydrogen-bond acceptors (Lipinski definition) is 4. The minimum atomic E-state index is -0.152. The Morgan fingerprint density at radius 1 is 1.18 bits per heavy atom. The second-order valence-electron chi connectivity index (χ2n) is 6.55. The van der Waals surface area contributed by atoms with Crippen molar-refractivity contribution < 1.29 is 14.3 Å². The van der Waals surface area contributed by atoms with Crippen LogP contribution >= 0.6 is 15.9 Å². The molecule has 1 fully saturated rings. The molecule has 0 spiro atoms. The number of hydrogen-bond donors (Lipinski definition) is 1. The van der Waals surface area contributed by atoms with Crippen molar-refractivity contribution in [2.24, 2.45) is 11.0 Å². The highest BCUT2D eigenvalue weighted by Crippen LogP contribution is 2.22. The third kappa shape index (κ3) is 4.98. The number of amides is 2. The molecule has 6 nitrogen and oxygen atoms in total. The molecule has 0 unspecified atom stereocenters. The maximum atomic E-state index is 12.5.